The van der Waals surface area contributed by atoms with Crippen molar-refractivity contribution in [1.82, 2.24) is 5.32 Å². The van der Waals surface area contributed by atoms with Crippen LogP contribution in [0.4, 0.5) is 4.39 Å². The van der Waals surface area contributed by atoms with E-state index in [9.17, 15) is 9.18 Å². The van der Waals surface area contributed by atoms with Gasteiger partial charge in [-0.1, -0.05) is 25.1 Å². The van der Waals surface area contributed by atoms with E-state index in [1.54, 1.807) is 18.2 Å². The number of rotatable bonds is 6. The molecule has 0 aliphatic carbocycles. The smallest absolute Gasteiger partial charge is 0.330 e. The first-order valence-corrected chi connectivity index (χ1v) is 5.81. The van der Waals surface area contributed by atoms with Crippen LogP contribution in [0, 0.1) is 5.82 Å². The van der Waals surface area contributed by atoms with E-state index in [1.807, 2.05) is 6.92 Å². The molecular formula is C14H18FNO2. The number of hydrogen-bond acceptors (Lipinski definition) is 3. The first-order chi connectivity index (χ1) is 8.60. The maximum Gasteiger partial charge on any atom is 0.330 e. The van der Waals surface area contributed by atoms with Gasteiger partial charge in [0.15, 0.2) is 0 Å². The number of carbonyl (C=O) groups excluding carboxylic acids is 1. The molecule has 1 aromatic carbocycles. The standard InChI is InChI=1S/C14H18FNO2/c1-4-9-16-14(5-2,13(17)18-3)11-7-6-8-12(15)10-11/h4,6-8,10,16H,1,5,9H2,2-3H3. The highest BCUT2D eigenvalue weighted by molar-refractivity contribution is 5.82. The second-order valence-corrected chi connectivity index (χ2v) is 3.93. The lowest BCUT2D eigenvalue weighted by molar-refractivity contribution is -0.149. The van der Waals surface area contributed by atoms with E-state index in [0.717, 1.165) is 0 Å². The van der Waals surface area contributed by atoms with Gasteiger partial charge >= 0.3 is 5.97 Å². The Morgan fingerprint density at radius 2 is 2.33 bits per heavy atom. The van der Waals surface area contributed by atoms with E-state index >= 15 is 0 Å². The molecule has 1 unspecified atom stereocenters. The summed E-state index contributed by atoms with van der Waals surface area (Å²) in [7, 11) is 1.32. The van der Waals surface area contributed by atoms with Crippen LogP contribution in [0.15, 0.2) is 36.9 Å². The first-order valence-electron chi connectivity index (χ1n) is 5.81. The number of methoxy groups -OCH3 is 1. The van der Waals surface area contributed by atoms with Gasteiger partial charge in [0.05, 0.1) is 7.11 Å². The number of carbonyl (C=O) groups is 1. The fourth-order valence-electron chi connectivity index (χ4n) is 1.94. The minimum Gasteiger partial charge on any atom is -0.467 e. The molecule has 4 heteroatoms. The van der Waals surface area contributed by atoms with Gasteiger partial charge in [-0.15, -0.1) is 6.58 Å². The van der Waals surface area contributed by atoms with Crippen molar-refractivity contribution in [1.29, 1.82) is 0 Å². The third kappa shape index (κ3) is 2.76. The highest BCUT2D eigenvalue weighted by Crippen LogP contribution is 2.27. The molecule has 1 N–H and O–H groups in total. The van der Waals surface area contributed by atoms with Gasteiger partial charge in [-0.2, -0.15) is 0 Å². The zero-order valence-corrected chi connectivity index (χ0v) is 10.7. The van der Waals surface area contributed by atoms with E-state index in [4.69, 9.17) is 4.74 Å². The van der Waals surface area contributed by atoms with Gasteiger partial charge in [0, 0.05) is 6.54 Å². The molecule has 0 bridgehead atoms. The van der Waals surface area contributed by atoms with Gasteiger partial charge < -0.3 is 4.74 Å². The Kier molecular flexibility index (Phi) is 5.04. The van der Waals surface area contributed by atoms with Crippen LogP contribution in [-0.2, 0) is 15.1 Å². The Hall–Kier alpha value is -1.68. The molecular weight excluding hydrogens is 233 g/mol. The van der Waals surface area contributed by atoms with Crippen LogP contribution in [-0.4, -0.2) is 19.6 Å². The molecule has 0 aliphatic heterocycles. The van der Waals surface area contributed by atoms with E-state index in [-0.39, 0.29) is 5.82 Å². The third-order valence-electron chi connectivity index (χ3n) is 2.93. The summed E-state index contributed by atoms with van der Waals surface area (Å²) in [6, 6.07) is 5.97. The van der Waals surface area contributed by atoms with Crippen LogP contribution < -0.4 is 5.32 Å². The van der Waals surface area contributed by atoms with Crippen molar-refractivity contribution in [2.45, 2.75) is 18.9 Å². The maximum atomic E-state index is 13.3. The van der Waals surface area contributed by atoms with E-state index < -0.39 is 11.5 Å². The summed E-state index contributed by atoms with van der Waals surface area (Å²) in [5.41, 5.74) is -0.482. The maximum absolute atomic E-state index is 13.3. The SMILES string of the molecule is C=CCNC(CC)(C(=O)OC)c1cccc(F)c1. The molecule has 0 aromatic heterocycles. The highest BCUT2D eigenvalue weighted by Gasteiger charge is 2.39. The second kappa shape index (κ2) is 6.31. The molecule has 1 atom stereocenters. The lowest BCUT2D eigenvalue weighted by atomic mass is 9.87. The Balaban J connectivity index is 3.24. The average molecular weight is 251 g/mol. The summed E-state index contributed by atoms with van der Waals surface area (Å²) >= 11 is 0. The lowest BCUT2D eigenvalue weighted by Gasteiger charge is -2.31. The summed E-state index contributed by atoms with van der Waals surface area (Å²) in [6.07, 6.45) is 2.10. The van der Waals surface area contributed by atoms with Crippen molar-refractivity contribution in [3.05, 3.63) is 48.3 Å². The van der Waals surface area contributed by atoms with Crippen LogP contribution in [0.1, 0.15) is 18.9 Å². The van der Waals surface area contributed by atoms with Gasteiger partial charge in [0.2, 0.25) is 0 Å². The van der Waals surface area contributed by atoms with Crippen LogP contribution in [0.5, 0.6) is 0 Å². The first kappa shape index (κ1) is 14.4. The normalized spacial score (nSPS) is 13.7. The predicted octanol–water partition coefficient (Wildman–Crippen LogP) is 2.38. The minimum absolute atomic E-state index is 0.380. The van der Waals surface area contributed by atoms with E-state index in [2.05, 4.69) is 11.9 Å². The van der Waals surface area contributed by atoms with Crippen molar-refractivity contribution >= 4 is 5.97 Å². The molecule has 0 spiro atoms. The number of halogens is 1. The number of esters is 1. The summed E-state index contributed by atoms with van der Waals surface area (Å²) in [4.78, 5) is 12.0. The van der Waals surface area contributed by atoms with Crippen molar-refractivity contribution in [2.75, 3.05) is 13.7 Å². The van der Waals surface area contributed by atoms with Gasteiger partial charge in [0.25, 0.3) is 0 Å². The zero-order valence-electron chi connectivity index (χ0n) is 10.7. The lowest BCUT2D eigenvalue weighted by Crippen LogP contribution is -2.49. The molecule has 1 aromatic rings. The number of hydrogen-bond donors (Lipinski definition) is 1. The molecule has 0 amide bonds. The van der Waals surface area contributed by atoms with Crippen LogP contribution in [0.2, 0.25) is 0 Å². The topological polar surface area (TPSA) is 38.3 Å². The molecule has 0 saturated carbocycles. The van der Waals surface area contributed by atoms with E-state index in [1.165, 1.54) is 19.2 Å². The van der Waals surface area contributed by atoms with E-state index in [0.29, 0.717) is 18.5 Å². The number of nitrogens with one attached hydrogen (secondary N) is 1. The second-order valence-electron chi connectivity index (χ2n) is 3.93. The fourth-order valence-corrected chi connectivity index (χ4v) is 1.94. The number of benzene rings is 1. The van der Waals surface area contributed by atoms with Crippen molar-refractivity contribution in [3.63, 3.8) is 0 Å². The Morgan fingerprint density at radius 1 is 1.61 bits per heavy atom. The molecule has 0 radical (unpaired) electrons. The third-order valence-corrected chi connectivity index (χ3v) is 2.93. The highest BCUT2D eigenvalue weighted by atomic mass is 19.1. The van der Waals surface area contributed by atoms with Crippen LogP contribution >= 0.6 is 0 Å². The minimum atomic E-state index is -1.04. The summed E-state index contributed by atoms with van der Waals surface area (Å²) in [6.45, 7) is 5.88. The number of ether oxygens (including phenoxy) is 1. The molecule has 1 rings (SSSR count). The fraction of sp³-hybridized carbons (Fsp3) is 0.357. The molecule has 18 heavy (non-hydrogen) atoms. The van der Waals surface area contributed by atoms with Gasteiger partial charge in [-0.3, -0.25) is 5.32 Å². The van der Waals surface area contributed by atoms with Gasteiger partial charge in [-0.25, -0.2) is 9.18 Å². The Morgan fingerprint density at radius 3 is 2.83 bits per heavy atom. The molecule has 0 aliphatic rings. The quantitative estimate of drug-likeness (QED) is 0.623. The van der Waals surface area contributed by atoms with Crippen LogP contribution in [0.25, 0.3) is 0 Å². The molecule has 3 nitrogen and oxygen atoms in total. The van der Waals surface area contributed by atoms with Crippen molar-refractivity contribution < 1.29 is 13.9 Å². The predicted molar refractivity (Wildman–Crippen MR) is 68.6 cm³/mol. The largest absolute Gasteiger partial charge is 0.467 e. The molecule has 0 heterocycles. The monoisotopic (exact) mass is 251 g/mol. The van der Waals surface area contributed by atoms with Gasteiger partial charge in [-0.05, 0) is 24.1 Å². The van der Waals surface area contributed by atoms with Crippen molar-refractivity contribution in [2.24, 2.45) is 0 Å². The zero-order chi connectivity index (χ0) is 13.6. The molecule has 0 saturated heterocycles. The van der Waals surface area contributed by atoms with Crippen LogP contribution in [0.3, 0.4) is 0 Å². The summed E-state index contributed by atoms with van der Waals surface area (Å²) in [5, 5.41) is 3.07. The average Bonchev–Trinajstić information content (AvgIpc) is 2.39. The summed E-state index contributed by atoms with van der Waals surface area (Å²) < 4.78 is 18.2. The molecule has 98 valence electrons. The Labute approximate surface area is 107 Å². The summed E-state index contributed by atoms with van der Waals surface area (Å²) in [5.74, 6) is -0.813. The van der Waals surface area contributed by atoms with Gasteiger partial charge in [0.1, 0.15) is 11.4 Å². The molecule has 0 fully saturated rings. The van der Waals surface area contributed by atoms with Crippen molar-refractivity contribution in [3.8, 4) is 0 Å². The Bertz CT molecular complexity index is 434.